The molecular weight excluding hydrogens is 342 g/mol. The largest absolute Gasteiger partial charge is 0.484 e. The topological polar surface area (TPSA) is 68.5 Å². The van der Waals surface area contributed by atoms with E-state index in [1.807, 2.05) is 36.4 Å². The molecule has 0 bridgehead atoms. The summed E-state index contributed by atoms with van der Waals surface area (Å²) >= 11 is 0. The molecule has 3 rings (SSSR count). The van der Waals surface area contributed by atoms with E-state index in [4.69, 9.17) is 9.15 Å². The van der Waals surface area contributed by atoms with Gasteiger partial charge in [-0.05, 0) is 29.7 Å². The predicted molar refractivity (Wildman–Crippen MR) is 106 cm³/mol. The highest BCUT2D eigenvalue weighted by Crippen LogP contribution is 2.29. The van der Waals surface area contributed by atoms with Gasteiger partial charge in [0.15, 0.2) is 6.61 Å². The first-order chi connectivity index (χ1) is 13.2. The van der Waals surface area contributed by atoms with Gasteiger partial charge in [0.1, 0.15) is 11.3 Å². The van der Waals surface area contributed by atoms with E-state index in [1.165, 1.54) is 6.07 Å². The molecule has 3 aromatic rings. The molecule has 0 unspecified atom stereocenters. The first-order valence-electron chi connectivity index (χ1n) is 9.20. The summed E-state index contributed by atoms with van der Waals surface area (Å²) in [5.74, 6) is 0.324. The van der Waals surface area contributed by atoms with Crippen molar-refractivity contribution < 1.29 is 13.9 Å². The number of hydrogen-bond donors (Lipinski definition) is 1. The Balaban J connectivity index is 1.74. The molecule has 2 aromatic carbocycles. The van der Waals surface area contributed by atoms with Gasteiger partial charge in [-0.3, -0.25) is 4.79 Å². The van der Waals surface area contributed by atoms with Crippen molar-refractivity contribution >= 4 is 16.9 Å². The molecule has 0 aliphatic rings. The minimum Gasteiger partial charge on any atom is -0.484 e. The Labute approximate surface area is 158 Å². The smallest absolute Gasteiger partial charge is 0.336 e. The van der Waals surface area contributed by atoms with E-state index in [1.54, 1.807) is 12.1 Å². The summed E-state index contributed by atoms with van der Waals surface area (Å²) in [5.41, 5.74) is 1.76. The Morgan fingerprint density at radius 2 is 1.89 bits per heavy atom. The molecule has 1 amide bonds. The summed E-state index contributed by atoms with van der Waals surface area (Å²) in [6.07, 6.45) is 3.17. The van der Waals surface area contributed by atoms with E-state index in [2.05, 4.69) is 12.2 Å². The monoisotopic (exact) mass is 365 g/mol. The number of carbonyl (C=O) groups excluding carboxylic acids is 1. The van der Waals surface area contributed by atoms with Crippen LogP contribution in [-0.4, -0.2) is 19.1 Å². The number of rotatable bonds is 8. The SMILES string of the molecule is CCCCCNC(=O)COc1ccc2c(-c3ccccc3)cc(=O)oc2c1. The van der Waals surface area contributed by atoms with Crippen molar-refractivity contribution in [3.05, 3.63) is 65.0 Å². The fraction of sp³-hybridized carbons (Fsp3) is 0.273. The standard InChI is InChI=1S/C22H23NO4/c1-2-3-7-12-23-21(24)15-26-17-10-11-18-19(16-8-5-4-6-9-16)14-22(25)27-20(18)13-17/h4-6,8-11,13-14H,2-3,7,12,15H2,1H3,(H,23,24). The van der Waals surface area contributed by atoms with Gasteiger partial charge in [0.05, 0.1) is 0 Å². The van der Waals surface area contributed by atoms with Gasteiger partial charge in [-0.25, -0.2) is 4.79 Å². The molecule has 0 saturated heterocycles. The Kier molecular flexibility index (Phi) is 6.26. The molecule has 1 heterocycles. The molecule has 27 heavy (non-hydrogen) atoms. The lowest BCUT2D eigenvalue weighted by molar-refractivity contribution is -0.123. The molecule has 0 aliphatic heterocycles. The maximum absolute atomic E-state index is 12.0. The number of carbonyl (C=O) groups is 1. The normalized spacial score (nSPS) is 10.7. The van der Waals surface area contributed by atoms with Crippen molar-refractivity contribution in [1.29, 1.82) is 0 Å². The first kappa shape index (κ1) is 18.7. The van der Waals surface area contributed by atoms with Crippen LogP contribution in [0.25, 0.3) is 22.1 Å². The number of benzene rings is 2. The maximum Gasteiger partial charge on any atom is 0.336 e. The third-order valence-electron chi connectivity index (χ3n) is 4.27. The van der Waals surface area contributed by atoms with Crippen molar-refractivity contribution in [3.8, 4) is 16.9 Å². The molecule has 0 saturated carbocycles. The molecule has 1 N–H and O–H groups in total. The minimum absolute atomic E-state index is 0.0692. The molecule has 5 nitrogen and oxygen atoms in total. The lowest BCUT2D eigenvalue weighted by Gasteiger charge is -2.09. The van der Waals surface area contributed by atoms with Crippen LogP contribution in [0.15, 0.2) is 63.8 Å². The van der Waals surface area contributed by atoms with E-state index in [0.717, 1.165) is 35.8 Å². The highest BCUT2D eigenvalue weighted by atomic mass is 16.5. The minimum atomic E-state index is -0.424. The number of fused-ring (bicyclic) bond motifs is 1. The molecule has 140 valence electrons. The van der Waals surface area contributed by atoms with Gasteiger partial charge in [-0.2, -0.15) is 0 Å². The van der Waals surface area contributed by atoms with Crippen molar-refractivity contribution in [2.45, 2.75) is 26.2 Å². The van der Waals surface area contributed by atoms with Gasteiger partial charge < -0.3 is 14.5 Å². The summed E-state index contributed by atoms with van der Waals surface area (Å²) in [6, 6.07) is 16.4. The maximum atomic E-state index is 12.0. The van der Waals surface area contributed by atoms with Crippen LogP contribution in [0, 0.1) is 0 Å². The zero-order valence-corrected chi connectivity index (χ0v) is 15.4. The highest BCUT2D eigenvalue weighted by Gasteiger charge is 2.10. The lowest BCUT2D eigenvalue weighted by atomic mass is 10.0. The second kappa shape index (κ2) is 9.03. The summed E-state index contributed by atoms with van der Waals surface area (Å²) in [4.78, 5) is 23.8. The summed E-state index contributed by atoms with van der Waals surface area (Å²) in [5, 5.41) is 3.64. The van der Waals surface area contributed by atoms with E-state index in [-0.39, 0.29) is 12.5 Å². The van der Waals surface area contributed by atoms with Crippen LogP contribution in [0.2, 0.25) is 0 Å². The molecule has 5 heteroatoms. The zero-order chi connectivity index (χ0) is 19.1. The van der Waals surface area contributed by atoms with Crippen LogP contribution in [0.3, 0.4) is 0 Å². The van der Waals surface area contributed by atoms with Crippen molar-refractivity contribution in [2.24, 2.45) is 0 Å². The van der Waals surface area contributed by atoms with Gasteiger partial charge in [0, 0.05) is 24.1 Å². The van der Waals surface area contributed by atoms with Crippen LogP contribution in [0.4, 0.5) is 0 Å². The van der Waals surface area contributed by atoms with Crippen molar-refractivity contribution in [3.63, 3.8) is 0 Å². The second-order valence-electron chi connectivity index (χ2n) is 6.35. The van der Waals surface area contributed by atoms with Gasteiger partial charge in [0.2, 0.25) is 0 Å². The molecule has 0 aliphatic carbocycles. The lowest BCUT2D eigenvalue weighted by Crippen LogP contribution is -2.29. The number of amides is 1. The van der Waals surface area contributed by atoms with Crippen LogP contribution >= 0.6 is 0 Å². The van der Waals surface area contributed by atoms with E-state index in [9.17, 15) is 9.59 Å². The predicted octanol–water partition coefficient (Wildman–Crippen LogP) is 4.15. The highest BCUT2D eigenvalue weighted by molar-refractivity contribution is 5.93. The average molecular weight is 365 g/mol. The Morgan fingerprint density at radius 3 is 2.67 bits per heavy atom. The number of unbranched alkanes of at least 4 members (excludes halogenated alkanes) is 2. The summed E-state index contributed by atoms with van der Waals surface area (Å²) in [6.45, 7) is 2.70. The number of ether oxygens (including phenoxy) is 1. The molecule has 0 spiro atoms. The molecular formula is C22H23NO4. The molecule has 0 atom stereocenters. The Morgan fingerprint density at radius 1 is 1.07 bits per heavy atom. The molecule has 1 aromatic heterocycles. The fourth-order valence-electron chi connectivity index (χ4n) is 2.89. The summed E-state index contributed by atoms with van der Waals surface area (Å²) in [7, 11) is 0. The Hall–Kier alpha value is -3.08. The van der Waals surface area contributed by atoms with Crippen LogP contribution in [-0.2, 0) is 4.79 Å². The molecule has 0 fully saturated rings. The van der Waals surface area contributed by atoms with E-state index < -0.39 is 5.63 Å². The van der Waals surface area contributed by atoms with Crippen molar-refractivity contribution in [1.82, 2.24) is 5.32 Å². The van der Waals surface area contributed by atoms with E-state index >= 15 is 0 Å². The van der Waals surface area contributed by atoms with Gasteiger partial charge in [-0.15, -0.1) is 0 Å². The van der Waals surface area contributed by atoms with E-state index in [0.29, 0.717) is 17.9 Å². The van der Waals surface area contributed by atoms with Crippen molar-refractivity contribution in [2.75, 3.05) is 13.2 Å². The van der Waals surface area contributed by atoms with Crippen LogP contribution in [0.1, 0.15) is 26.2 Å². The molecule has 0 radical (unpaired) electrons. The third-order valence-corrected chi connectivity index (χ3v) is 4.27. The van der Waals surface area contributed by atoms with Crippen LogP contribution in [0.5, 0.6) is 5.75 Å². The second-order valence-corrected chi connectivity index (χ2v) is 6.35. The van der Waals surface area contributed by atoms with Gasteiger partial charge >= 0.3 is 5.63 Å². The zero-order valence-electron chi connectivity index (χ0n) is 15.4. The quantitative estimate of drug-likeness (QED) is 0.481. The Bertz CT molecular complexity index is 963. The van der Waals surface area contributed by atoms with Gasteiger partial charge in [0.25, 0.3) is 5.91 Å². The fourth-order valence-corrected chi connectivity index (χ4v) is 2.89. The third kappa shape index (κ3) is 4.97. The average Bonchev–Trinajstić information content (AvgIpc) is 2.69. The summed E-state index contributed by atoms with van der Waals surface area (Å²) < 4.78 is 10.9. The number of hydrogen-bond acceptors (Lipinski definition) is 4. The van der Waals surface area contributed by atoms with Crippen LogP contribution < -0.4 is 15.7 Å². The number of nitrogens with one attached hydrogen (secondary N) is 1. The first-order valence-corrected chi connectivity index (χ1v) is 9.20. The van der Waals surface area contributed by atoms with Gasteiger partial charge in [-0.1, -0.05) is 50.1 Å².